The predicted octanol–water partition coefficient (Wildman–Crippen LogP) is 4.66. The van der Waals surface area contributed by atoms with Gasteiger partial charge in [-0.2, -0.15) is 0 Å². The van der Waals surface area contributed by atoms with Crippen molar-refractivity contribution in [3.63, 3.8) is 0 Å². The van der Waals surface area contributed by atoms with E-state index in [4.69, 9.17) is 4.74 Å². The number of fused-ring (bicyclic) bond motifs is 1. The van der Waals surface area contributed by atoms with Gasteiger partial charge in [0.25, 0.3) is 10.0 Å². The number of aromatic nitrogens is 1. The number of ketones is 1. The predicted molar refractivity (Wildman–Crippen MR) is 112 cm³/mol. The van der Waals surface area contributed by atoms with Crippen molar-refractivity contribution in [2.45, 2.75) is 18.4 Å². The van der Waals surface area contributed by atoms with Crippen LogP contribution < -0.4 is 4.74 Å². The fraction of sp³-hybridized carbons (Fsp3) is 0.0870. The Balaban J connectivity index is 1.85. The van der Waals surface area contributed by atoms with Crippen LogP contribution in [0.2, 0.25) is 0 Å². The molecule has 0 aliphatic heterocycles. The molecule has 0 saturated carbocycles. The molecule has 0 atom stereocenters. The Bertz CT molecular complexity index is 1280. The van der Waals surface area contributed by atoms with Crippen molar-refractivity contribution in [3.05, 3.63) is 96.2 Å². The SMILES string of the molecule is CC(=O)c1cc2c(OCc3ccccc3)cccc2n1S(=O)(=O)c1ccccc1. The minimum absolute atomic E-state index is 0.0969. The third-order valence-corrected chi connectivity index (χ3v) is 6.38. The lowest BCUT2D eigenvalue weighted by atomic mass is 10.2. The van der Waals surface area contributed by atoms with Gasteiger partial charge < -0.3 is 4.74 Å². The Hall–Kier alpha value is -3.38. The van der Waals surface area contributed by atoms with Crippen LogP contribution >= 0.6 is 0 Å². The van der Waals surface area contributed by atoms with Crippen molar-refractivity contribution < 1.29 is 17.9 Å². The van der Waals surface area contributed by atoms with Gasteiger partial charge in [0, 0.05) is 12.3 Å². The van der Waals surface area contributed by atoms with Crippen LogP contribution in [0.3, 0.4) is 0 Å². The second-order valence-corrected chi connectivity index (χ2v) is 8.42. The zero-order valence-electron chi connectivity index (χ0n) is 15.8. The van der Waals surface area contributed by atoms with Gasteiger partial charge in [0.15, 0.2) is 5.78 Å². The summed E-state index contributed by atoms with van der Waals surface area (Å²) in [6.07, 6.45) is 0. The first kappa shape index (κ1) is 19.0. The summed E-state index contributed by atoms with van der Waals surface area (Å²) in [4.78, 5) is 12.4. The van der Waals surface area contributed by atoms with E-state index < -0.39 is 10.0 Å². The summed E-state index contributed by atoms with van der Waals surface area (Å²) >= 11 is 0. The minimum atomic E-state index is -3.94. The van der Waals surface area contributed by atoms with Crippen LogP contribution in [0.25, 0.3) is 10.9 Å². The lowest BCUT2D eigenvalue weighted by Gasteiger charge is -2.11. The quantitative estimate of drug-likeness (QED) is 0.438. The number of nitrogens with zero attached hydrogens (tertiary/aromatic N) is 1. The lowest BCUT2D eigenvalue weighted by Crippen LogP contribution is -2.17. The van der Waals surface area contributed by atoms with Crippen LogP contribution in [0.4, 0.5) is 0 Å². The van der Waals surface area contributed by atoms with Gasteiger partial charge in [-0.1, -0.05) is 54.6 Å². The van der Waals surface area contributed by atoms with Gasteiger partial charge in [-0.3, -0.25) is 4.79 Å². The first-order valence-electron chi connectivity index (χ1n) is 9.11. The molecule has 0 fully saturated rings. The molecule has 6 heteroatoms. The van der Waals surface area contributed by atoms with Crippen LogP contribution in [-0.2, 0) is 16.6 Å². The Kier molecular flexibility index (Phi) is 4.94. The number of benzene rings is 3. The molecular weight excluding hydrogens is 386 g/mol. The highest BCUT2D eigenvalue weighted by molar-refractivity contribution is 7.90. The summed E-state index contributed by atoms with van der Waals surface area (Å²) in [6.45, 7) is 1.70. The average Bonchev–Trinajstić information content (AvgIpc) is 3.15. The maximum Gasteiger partial charge on any atom is 0.268 e. The van der Waals surface area contributed by atoms with E-state index in [-0.39, 0.29) is 16.4 Å². The van der Waals surface area contributed by atoms with Gasteiger partial charge in [-0.25, -0.2) is 12.4 Å². The van der Waals surface area contributed by atoms with E-state index in [0.717, 1.165) is 9.54 Å². The molecule has 146 valence electrons. The summed E-state index contributed by atoms with van der Waals surface area (Å²) < 4.78 is 33.6. The molecular formula is C23H19NO4S. The van der Waals surface area contributed by atoms with E-state index in [0.29, 0.717) is 23.3 Å². The van der Waals surface area contributed by atoms with Crippen molar-refractivity contribution in [2.75, 3.05) is 0 Å². The fourth-order valence-corrected chi connectivity index (χ4v) is 4.81. The molecule has 0 N–H and O–H groups in total. The third-order valence-electron chi connectivity index (χ3n) is 4.64. The number of rotatable bonds is 6. The summed E-state index contributed by atoms with van der Waals surface area (Å²) in [7, 11) is -3.94. The smallest absolute Gasteiger partial charge is 0.268 e. The number of ether oxygens (including phenoxy) is 1. The van der Waals surface area contributed by atoms with Gasteiger partial charge >= 0.3 is 0 Å². The molecule has 29 heavy (non-hydrogen) atoms. The van der Waals surface area contributed by atoms with Crippen molar-refractivity contribution >= 4 is 26.7 Å². The molecule has 0 aliphatic carbocycles. The summed E-state index contributed by atoms with van der Waals surface area (Å²) in [5.74, 6) is 0.186. The third kappa shape index (κ3) is 3.54. The van der Waals surface area contributed by atoms with E-state index in [2.05, 4.69) is 0 Å². The molecule has 4 aromatic rings. The monoisotopic (exact) mass is 405 g/mol. The maximum atomic E-state index is 13.3. The molecule has 0 unspecified atom stereocenters. The van der Waals surface area contributed by atoms with E-state index in [1.807, 2.05) is 30.3 Å². The summed E-state index contributed by atoms with van der Waals surface area (Å²) in [5, 5.41) is 0.577. The highest BCUT2D eigenvalue weighted by Gasteiger charge is 2.26. The van der Waals surface area contributed by atoms with Crippen LogP contribution in [-0.4, -0.2) is 18.2 Å². The van der Waals surface area contributed by atoms with E-state index >= 15 is 0 Å². The van der Waals surface area contributed by atoms with Crippen molar-refractivity contribution in [3.8, 4) is 5.75 Å². The van der Waals surface area contributed by atoms with Crippen LogP contribution in [0.15, 0.2) is 89.8 Å². The second-order valence-electron chi connectivity index (χ2n) is 6.63. The highest BCUT2D eigenvalue weighted by atomic mass is 32.2. The van der Waals surface area contributed by atoms with E-state index in [1.54, 1.807) is 42.5 Å². The number of carbonyl (C=O) groups excluding carboxylic acids is 1. The molecule has 4 rings (SSSR count). The highest BCUT2D eigenvalue weighted by Crippen LogP contribution is 2.32. The van der Waals surface area contributed by atoms with Crippen LogP contribution in [0, 0.1) is 0 Å². The number of hydrogen-bond donors (Lipinski definition) is 0. The second kappa shape index (κ2) is 7.56. The molecule has 0 aliphatic rings. The van der Waals surface area contributed by atoms with Gasteiger partial charge in [-0.15, -0.1) is 0 Å². The van der Waals surface area contributed by atoms with Crippen molar-refractivity contribution in [2.24, 2.45) is 0 Å². The van der Waals surface area contributed by atoms with Gasteiger partial charge in [-0.05, 0) is 35.9 Å². The van der Waals surface area contributed by atoms with Crippen molar-refractivity contribution in [1.29, 1.82) is 0 Å². The summed E-state index contributed by atoms with van der Waals surface area (Å²) in [5.41, 5.74) is 1.50. The molecule has 3 aromatic carbocycles. The fourth-order valence-electron chi connectivity index (χ4n) is 3.24. The molecule has 0 radical (unpaired) electrons. The van der Waals surface area contributed by atoms with Gasteiger partial charge in [0.1, 0.15) is 18.1 Å². The standard InChI is InChI=1S/C23H19NO4S/c1-17(25)22-15-20-21(24(22)29(26,27)19-11-6-3-7-12-19)13-8-14-23(20)28-16-18-9-4-2-5-10-18/h2-15H,16H2,1H3. The Morgan fingerprint density at radius 2 is 1.55 bits per heavy atom. The van der Waals surface area contributed by atoms with Crippen molar-refractivity contribution in [1.82, 2.24) is 3.97 Å². The number of carbonyl (C=O) groups is 1. The largest absolute Gasteiger partial charge is 0.488 e. The average molecular weight is 405 g/mol. The minimum Gasteiger partial charge on any atom is -0.488 e. The zero-order valence-corrected chi connectivity index (χ0v) is 16.6. The number of hydrogen-bond acceptors (Lipinski definition) is 4. The van der Waals surface area contributed by atoms with Gasteiger partial charge in [0.2, 0.25) is 0 Å². The van der Waals surface area contributed by atoms with Gasteiger partial charge in [0.05, 0.1) is 10.4 Å². The van der Waals surface area contributed by atoms with Crippen LogP contribution in [0.5, 0.6) is 5.75 Å². The van der Waals surface area contributed by atoms with E-state index in [1.165, 1.54) is 19.1 Å². The molecule has 1 aromatic heterocycles. The molecule has 0 saturated heterocycles. The Morgan fingerprint density at radius 3 is 2.21 bits per heavy atom. The normalized spacial score (nSPS) is 11.5. The summed E-state index contributed by atoms with van der Waals surface area (Å²) in [6, 6.07) is 24.5. The first-order valence-corrected chi connectivity index (χ1v) is 10.6. The van der Waals surface area contributed by atoms with E-state index in [9.17, 15) is 13.2 Å². The molecule has 0 spiro atoms. The molecule has 0 amide bonds. The molecule has 1 heterocycles. The van der Waals surface area contributed by atoms with Crippen LogP contribution in [0.1, 0.15) is 23.0 Å². The molecule has 5 nitrogen and oxygen atoms in total. The zero-order chi connectivity index (χ0) is 20.4. The number of Topliss-reactive ketones (excluding diaryl/α,β-unsaturated/α-hetero) is 1. The Morgan fingerprint density at radius 1 is 0.897 bits per heavy atom. The lowest BCUT2D eigenvalue weighted by molar-refractivity contribution is 0.101. The Labute approximate surface area is 169 Å². The first-order chi connectivity index (χ1) is 14.0. The molecule has 0 bridgehead atoms. The maximum absolute atomic E-state index is 13.3. The topological polar surface area (TPSA) is 65.4 Å².